The van der Waals surface area contributed by atoms with Gasteiger partial charge in [0.05, 0.1) is 29.1 Å². The molecule has 296 valence electrons. The Hall–Kier alpha value is -4.51. The van der Waals surface area contributed by atoms with Crippen LogP contribution in [0.2, 0.25) is 0 Å². The summed E-state index contributed by atoms with van der Waals surface area (Å²) in [4.78, 5) is 17.2. The van der Waals surface area contributed by atoms with Crippen molar-refractivity contribution in [2.45, 2.75) is 135 Å². The van der Waals surface area contributed by atoms with Crippen LogP contribution in [-0.2, 0) is 17.6 Å². The number of hydrogen-bond acceptors (Lipinski definition) is 7. The van der Waals surface area contributed by atoms with E-state index < -0.39 is 35.9 Å². The number of carbonyl (C=O) groups is 1. The summed E-state index contributed by atoms with van der Waals surface area (Å²) >= 11 is 0. The summed E-state index contributed by atoms with van der Waals surface area (Å²) in [5.41, 5.74) is 17.0. The number of nitrogens with zero attached hydrogens (tertiary/aromatic N) is 1. The lowest BCUT2D eigenvalue weighted by molar-refractivity contribution is -0.126. The summed E-state index contributed by atoms with van der Waals surface area (Å²) < 4.78 is 15.4. The Labute approximate surface area is 331 Å². The number of fused-ring (bicyclic) bond motifs is 6. The van der Waals surface area contributed by atoms with Crippen LogP contribution in [0.3, 0.4) is 0 Å². The number of ether oxygens (including phenoxy) is 2. The van der Waals surface area contributed by atoms with E-state index >= 15 is 0 Å². The van der Waals surface area contributed by atoms with Gasteiger partial charge in [0.2, 0.25) is 0 Å². The number of unbranched alkanes of at least 4 members (excludes halogenated alkanes) is 4. The number of aliphatic hydroxyl groups excluding tert-OH is 2. The first-order valence-electron chi connectivity index (χ1n) is 20.9. The molecule has 3 aliphatic rings. The second-order valence-corrected chi connectivity index (χ2v) is 16.3. The van der Waals surface area contributed by atoms with Gasteiger partial charge in [0.15, 0.2) is 17.7 Å². The summed E-state index contributed by atoms with van der Waals surface area (Å²) in [7, 11) is 0. The van der Waals surface area contributed by atoms with E-state index in [9.17, 15) is 15.0 Å². The zero-order valence-corrected chi connectivity index (χ0v) is 33.0. The number of ketones is 1. The third-order valence-electron chi connectivity index (χ3n) is 12.3. The first-order valence-corrected chi connectivity index (χ1v) is 20.9. The van der Waals surface area contributed by atoms with Gasteiger partial charge in [-0.3, -0.25) is 4.79 Å². The maximum atomic E-state index is 13.7. The fourth-order valence-electron chi connectivity index (χ4n) is 9.03. The lowest BCUT2D eigenvalue weighted by Crippen LogP contribution is -2.35. The van der Waals surface area contributed by atoms with Crippen molar-refractivity contribution in [1.29, 1.82) is 0 Å². The first kappa shape index (κ1) is 39.7. The second-order valence-electron chi connectivity index (χ2n) is 16.3. The topological polar surface area (TPSA) is 149 Å². The van der Waals surface area contributed by atoms with E-state index in [1.165, 1.54) is 0 Å². The highest BCUT2D eigenvalue weighted by atomic mass is 16.5. The molecule has 4 aromatic rings. The molecular weight excluding hydrogens is 701 g/mol. The Morgan fingerprint density at radius 3 is 2.54 bits per heavy atom. The Kier molecular flexibility index (Phi) is 12.6. The Morgan fingerprint density at radius 1 is 0.982 bits per heavy atom. The number of hydrogen-bond donors (Lipinski definition) is 5. The Bertz CT molecular complexity index is 2120. The number of rotatable bonds is 14. The minimum atomic E-state index is -1.06. The summed E-state index contributed by atoms with van der Waals surface area (Å²) in [6.07, 6.45) is 18.9. The number of nitrogens with one attached hydrogen (secondary N) is 1. The first-order chi connectivity index (χ1) is 27.2. The number of aliphatic hydroxyl groups is 2. The van der Waals surface area contributed by atoms with Gasteiger partial charge in [0.1, 0.15) is 18.0 Å². The van der Waals surface area contributed by atoms with Crippen LogP contribution in [0.5, 0.6) is 11.5 Å². The number of aromatic amines is 1. The second kappa shape index (κ2) is 17.7. The van der Waals surface area contributed by atoms with Gasteiger partial charge in [0.25, 0.3) is 0 Å². The molecule has 1 saturated carbocycles. The van der Waals surface area contributed by atoms with Gasteiger partial charge < -0.3 is 40.7 Å². The van der Waals surface area contributed by atoms with Crippen molar-refractivity contribution < 1.29 is 24.5 Å². The number of H-pyrrole nitrogens is 1. The van der Waals surface area contributed by atoms with E-state index in [1.807, 2.05) is 42.6 Å². The molecule has 1 fully saturated rings. The predicted octanol–water partition coefficient (Wildman–Crippen LogP) is 8.27. The highest BCUT2D eigenvalue weighted by molar-refractivity contribution is 5.83. The monoisotopic (exact) mass is 758 g/mol. The summed E-state index contributed by atoms with van der Waals surface area (Å²) in [5.74, 6) is 10.7. The third kappa shape index (κ3) is 8.58. The molecule has 5 unspecified atom stereocenters. The quantitative estimate of drug-likeness (QED) is 0.0494. The van der Waals surface area contributed by atoms with Crippen LogP contribution in [0.15, 0.2) is 55.0 Å². The Morgan fingerprint density at radius 2 is 1.77 bits per heavy atom. The standard InChI is InChI=1S/C47H58N4O5/c1-3-5-7-11-36(40(52)12-8-6-4-2)42(54)18-13-31-14-20-43-44(25-31)56-46-38(47(23-24-55-43)21-9-10-22-47)17-19-41(53)35-16-15-32(45(48)49)26-33(35)27-34-28-50-39-30-51(46)29-37(34)39/h14-16,20,25-26,28-30,36,38,40-41,45-46,50,52-53H,3-13,18,21-22,27,48-49H2,1-2H3. The van der Waals surface area contributed by atoms with Crippen molar-refractivity contribution in [2.75, 3.05) is 0 Å². The van der Waals surface area contributed by atoms with Crippen LogP contribution in [0.1, 0.15) is 144 Å². The van der Waals surface area contributed by atoms with Crippen LogP contribution >= 0.6 is 0 Å². The van der Waals surface area contributed by atoms with Crippen molar-refractivity contribution >= 4 is 16.7 Å². The maximum absolute atomic E-state index is 13.7. The fraction of sp³-hybridized carbons (Fsp3) is 0.511. The number of nitrogens with two attached hydrogens (primary N) is 2. The van der Waals surface area contributed by atoms with Crippen LogP contribution in [-0.4, -0.2) is 31.7 Å². The molecule has 7 N–H and O–H groups in total. The maximum Gasteiger partial charge on any atom is 0.191 e. The molecule has 56 heavy (non-hydrogen) atoms. The third-order valence-corrected chi connectivity index (χ3v) is 12.3. The smallest absolute Gasteiger partial charge is 0.191 e. The van der Waals surface area contributed by atoms with Gasteiger partial charge in [-0.1, -0.05) is 107 Å². The molecule has 9 nitrogen and oxygen atoms in total. The predicted molar refractivity (Wildman–Crippen MR) is 219 cm³/mol. The number of aryl methyl sites for hydroxylation is 1. The molecule has 5 atom stereocenters. The zero-order chi connectivity index (χ0) is 39.2. The molecule has 0 saturated heterocycles. The zero-order valence-electron chi connectivity index (χ0n) is 33.0. The summed E-state index contributed by atoms with van der Waals surface area (Å²) in [6.45, 7) is 4.31. The van der Waals surface area contributed by atoms with E-state index in [0.29, 0.717) is 37.2 Å². The van der Waals surface area contributed by atoms with E-state index in [2.05, 4.69) is 59.7 Å². The number of Topliss-reactive ketones (excluding diaryl/α,β-unsaturated/α-hetero) is 1. The van der Waals surface area contributed by atoms with Crippen molar-refractivity contribution in [2.24, 2.45) is 28.7 Å². The van der Waals surface area contributed by atoms with Crippen LogP contribution in [0, 0.1) is 41.1 Å². The van der Waals surface area contributed by atoms with Crippen LogP contribution < -0.4 is 20.9 Å². The molecule has 0 amide bonds. The van der Waals surface area contributed by atoms with Gasteiger partial charge in [-0.15, -0.1) is 0 Å². The number of benzene rings is 2. The minimum Gasteiger partial charge on any atom is -0.465 e. The van der Waals surface area contributed by atoms with Crippen molar-refractivity contribution in [3.05, 3.63) is 82.8 Å². The minimum absolute atomic E-state index is 0.120. The van der Waals surface area contributed by atoms with E-state index in [4.69, 9.17) is 20.9 Å². The normalized spacial score (nSPS) is 20.7. The highest BCUT2D eigenvalue weighted by Crippen LogP contribution is 2.50. The summed E-state index contributed by atoms with van der Waals surface area (Å²) in [6, 6.07) is 11.5. The van der Waals surface area contributed by atoms with Crippen LogP contribution in [0.25, 0.3) is 10.9 Å². The van der Waals surface area contributed by atoms with Crippen molar-refractivity contribution in [1.82, 2.24) is 9.55 Å². The van der Waals surface area contributed by atoms with E-state index in [0.717, 1.165) is 109 Å². The lowest BCUT2D eigenvalue weighted by atomic mass is 9.73. The van der Waals surface area contributed by atoms with Crippen molar-refractivity contribution in [3.63, 3.8) is 0 Å². The molecule has 2 aliphatic heterocycles. The SMILES string of the molecule is CCCCCC(O)C(CCCCC)C(=O)CCc1ccc2c(c1)OC1C(C#CC(O)c3ccc(C(N)N)cc3Cc3c[nH]c4cn1cc34)C1(C#CO2)CCCC1. The molecule has 7 rings (SSSR count). The molecule has 2 aromatic heterocycles. The number of carbonyl (C=O) groups excluding carboxylic acids is 1. The van der Waals surface area contributed by atoms with Gasteiger partial charge in [-0.25, -0.2) is 0 Å². The molecule has 4 heterocycles. The summed E-state index contributed by atoms with van der Waals surface area (Å²) in [5, 5.41) is 23.9. The molecule has 1 spiro atoms. The molecule has 1 aliphatic carbocycles. The van der Waals surface area contributed by atoms with E-state index in [-0.39, 0.29) is 11.7 Å². The van der Waals surface area contributed by atoms with Crippen LogP contribution in [0.4, 0.5) is 0 Å². The molecule has 9 heteroatoms. The highest BCUT2D eigenvalue weighted by Gasteiger charge is 2.46. The van der Waals surface area contributed by atoms with Gasteiger partial charge in [0, 0.05) is 42.7 Å². The van der Waals surface area contributed by atoms with Gasteiger partial charge in [-0.05, 0) is 72.1 Å². The van der Waals surface area contributed by atoms with Crippen molar-refractivity contribution in [3.8, 4) is 35.4 Å². The molecular formula is C47H58N4O5. The Balaban J connectivity index is 1.23. The lowest BCUT2D eigenvalue weighted by Gasteiger charge is -2.35. The van der Waals surface area contributed by atoms with E-state index in [1.54, 1.807) is 0 Å². The molecule has 2 bridgehead atoms. The molecule has 0 radical (unpaired) electrons. The molecule has 2 aromatic carbocycles. The largest absolute Gasteiger partial charge is 0.465 e. The number of aromatic nitrogens is 2. The van der Waals surface area contributed by atoms with Gasteiger partial charge >= 0.3 is 0 Å². The fourth-order valence-corrected chi connectivity index (χ4v) is 9.03. The average molecular weight is 759 g/mol. The van der Waals surface area contributed by atoms with Gasteiger partial charge in [-0.2, -0.15) is 0 Å². The average Bonchev–Trinajstić information content (AvgIpc) is 3.94.